The maximum absolute atomic E-state index is 12.3. The molecule has 2 atom stereocenters. The fourth-order valence-electron chi connectivity index (χ4n) is 2.84. The van der Waals surface area contributed by atoms with Crippen molar-refractivity contribution in [2.45, 2.75) is 45.7 Å². The summed E-state index contributed by atoms with van der Waals surface area (Å²) in [6, 6.07) is 8.05. The number of carbonyl (C=O) groups is 1. The van der Waals surface area contributed by atoms with E-state index >= 15 is 0 Å². The number of methoxy groups -OCH3 is 1. The number of urea groups is 1. The molecule has 0 aliphatic carbocycles. The standard InChI is InChI=1S/C19H33N3O2/c1-14(2)10-17(13-22(4)5)21-19(23)20-15(3)11-16-8-7-9-18(12-16)24-6/h7-9,12,14-15,17H,10-11,13H2,1-6H3,(H2,20,21,23). The van der Waals surface area contributed by atoms with E-state index in [1.54, 1.807) is 7.11 Å². The number of hydrogen-bond donors (Lipinski definition) is 2. The molecule has 24 heavy (non-hydrogen) atoms. The number of benzene rings is 1. The van der Waals surface area contributed by atoms with Crippen LogP contribution in [-0.2, 0) is 6.42 Å². The zero-order valence-electron chi connectivity index (χ0n) is 15.9. The van der Waals surface area contributed by atoms with Gasteiger partial charge < -0.3 is 20.3 Å². The molecule has 2 amide bonds. The molecule has 1 aromatic rings. The summed E-state index contributed by atoms with van der Waals surface area (Å²) < 4.78 is 5.24. The highest BCUT2D eigenvalue weighted by Crippen LogP contribution is 2.14. The van der Waals surface area contributed by atoms with Gasteiger partial charge in [0.25, 0.3) is 0 Å². The van der Waals surface area contributed by atoms with Crippen LogP contribution in [0.25, 0.3) is 0 Å². The van der Waals surface area contributed by atoms with Crippen LogP contribution < -0.4 is 15.4 Å². The first-order chi connectivity index (χ1) is 11.3. The maximum atomic E-state index is 12.3. The number of nitrogens with zero attached hydrogens (tertiary/aromatic N) is 1. The van der Waals surface area contributed by atoms with Gasteiger partial charge in [0.05, 0.1) is 7.11 Å². The van der Waals surface area contributed by atoms with Gasteiger partial charge in [-0.15, -0.1) is 0 Å². The highest BCUT2D eigenvalue weighted by Gasteiger charge is 2.16. The van der Waals surface area contributed by atoms with Gasteiger partial charge >= 0.3 is 6.03 Å². The van der Waals surface area contributed by atoms with Gasteiger partial charge in [-0.05, 0) is 57.5 Å². The van der Waals surface area contributed by atoms with Crippen LogP contribution >= 0.6 is 0 Å². The highest BCUT2D eigenvalue weighted by atomic mass is 16.5. The van der Waals surface area contributed by atoms with Crippen molar-refractivity contribution in [2.75, 3.05) is 27.7 Å². The van der Waals surface area contributed by atoms with Crippen molar-refractivity contribution in [3.8, 4) is 5.75 Å². The molecule has 0 aliphatic rings. The number of ether oxygens (including phenoxy) is 1. The number of amides is 2. The molecule has 0 saturated carbocycles. The molecule has 0 radical (unpaired) electrons. The Hall–Kier alpha value is -1.75. The van der Waals surface area contributed by atoms with Crippen molar-refractivity contribution < 1.29 is 9.53 Å². The molecule has 0 aliphatic heterocycles. The molecule has 1 aromatic carbocycles. The number of likely N-dealkylation sites (N-methyl/N-ethyl adjacent to an activating group) is 1. The molecular formula is C19H33N3O2. The molecule has 0 heterocycles. The molecule has 2 unspecified atom stereocenters. The molecule has 0 bridgehead atoms. The number of rotatable bonds is 9. The summed E-state index contributed by atoms with van der Waals surface area (Å²) in [6.07, 6.45) is 1.74. The normalized spacial score (nSPS) is 13.7. The Kier molecular flexibility index (Phi) is 8.61. The van der Waals surface area contributed by atoms with Crippen molar-refractivity contribution in [2.24, 2.45) is 5.92 Å². The molecular weight excluding hydrogens is 302 g/mol. The van der Waals surface area contributed by atoms with Crippen molar-refractivity contribution in [1.29, 1.82) is 0 Å². The Balaban J connectivity index is 2.51. The van der Waals surface area contributed by atoms with Gasteiger partial charge in [0.2, 0.25) is 0 Å². The zero-order chi connectivity index (χ0) is 18.1. The number of carbonyl (C=O) groups excluding carboxylic acids is 1. The minimum absolute atomic E-state index is 0.0520. The molecule has 0 saturated heterocycles. The fourth-order valence-corrected chi connectivity index (χ4v) is 2.84. The van der Waals surface area contributed by atoms with E-state index in [-0.39, 0.29) is 18.1 Å². The van der Waals surface area contributed by atoms with Gasteiger partial charge in [-0.3, -0.25) is 0 Å². The van der Waals surface area contributed by atoms with Crippen LogP contribution in [0.5, 0.6) is 5.75 Å². The lowest BCUT2D eigenvalue weighted by atomic mass is 10.0. The Labute approximate surface area is 146 Å². The molecule has 1 rings (SSSR count). The van der Waals surface area contributed by atoms with Crippen LogP contribution in [0, 0.1) is 5.92 Å². The second kappa shape index (κ2) is 10.2. The van der Waals surface area contributed by atoms with E-state index in [0.717, 1.165) is 30.7 Å². The van der Waals surface area contributed by atoms with E-state index in [1.807, 2.05) is 45.3 Å². The second-order valence-electron chi connectivity index (χ2n) is 7.16. The van der Waals surface area contributed by atoms with E-state index in [2.05, 4.69) is 29.4 Å². The van der Waals surface area contributed by atoms with Crippen molar-refractivity contribution in [3.05, 3.63) is 29.8 Å². The van der Waals surface area contributed by atoms with Gasteiger partial charge in [-0.25, -0.2) is 4.79 Å². The average Bonchev–Trinajstić information content (AvgIpc) is 2.45. The summed E-state index contributed by atoms with van der Waals surface area (Å²) in [6.45, 7) is 7.21. The summed E-state index contributed by atoms with van der Waals surface area (Å²) in [4.78, 5) is 14.4. The van der Waals surface area contributed by atoms with E-state index in [9.17, 15) is 4.79 Å². The summed E-state index contributed by atoms with van der Waals surface area (Å²) in [5.41, 5.74) is 1.15. The molecule has 0 spiro atoms. The average molecular weight is 335 g/mol. The fraction of sp³-hybridized carbons (Fsp3) is 0.632. The van der Waals surface area contributed by atoms with E-state index < -0.39 is 0 Å². The first-order valence-electron chi connectivity index (χ1n) is 8.64. The summed E-state index contributed by atoms with van der Waals surface area (Å²) in [5, 5.41) is 6.14. The molecule has 136 valence electrons. The lowest BCUT2D eigenvalue weighted by molar-refractivity contribution is 0.226. The first-order valence-corrected chi connectivity index (χ1v) is 8.64. The Morgan fingerprint density at radius 3 is 2.50 bits per heavy atom. The minimum Gasteiger partial charge on any atom is -0.497 e. The Bertz CT molecular complexity index is 493. The Morgan fingerprint density at radius 1 is 1.21 bits per heavy atom. The first kappa shape index (κ1) is 20.3. The van der Waals surface area contributed by atoms with Gasteiger partial charge in [-0.2, -0.15) is 0 Å². The van der Waals surface area contributed by atoms with Crippen LogP contribution in [0.1, 0.15) is 32.8 Å². The van der Waals surface area contributed by atoms with Gasteiger partial charge in [-0.1, -0.05) is 26.0 Å². The van der Waals surface area contributed by atoms with E-state index in [1.165, 1.54) is 0 Å². The largest absolute Gasteiger partial charge is 0.497 e. The third kappa shape index (κ3) is 8.20. The lowest BCUT2D eigenvalue weighted by Gasteiger charge is -2.25. The highest BCUT2D eigenvalue weighted by molar-refractivity contribution is 5.74. The predicted molar refractivity (Wildman–Crippen MR) is 99.6 cm³/mol. The summed E-state index contributed by atoms with van der Waals surface area (Å²) in [5.74, 6) is 1.39. The van der Waals surface area contributed by atoms with Gasteiger partial charge in [0, 0.05) is 18.6 Å². The Morgan fingerprint density at radius 2 is 1.92 bits per heavy atom. The third-order valence-corrected chi connectivity index (χ3v) is 3.73. The topological polar surface area (TPSA) is 53.6 Å². The van der Waals surface area contributed by atoms with Crippen LogP contribution in [0.3, 0.4) is 0 Å². The van der Waals surface area contributed by atoms with Crippen molar-refractivity contribution in [1.82, 2.24) is 15.5 Å². The van der Waals surface area contributed by atoms with Crippen LogP contribution in [0.2, 0.25) is 0 Å². The van der Waals surface area contributed by atoms with Crippen molar-refractivity contribution >= 4 is 6.03 Å². The maximum Gasteiger partial charge on any atom is 0.315 e. The van der Waals surface area contributed by atoms with E-state index in [4.69, 9.17) is 4.74 Å². The smallest absolute Gasteiger partial charge is 0.315 e. The van der Waals surface area contributed by atoms with Crippen molar-refractivity contribution in [3.63, 3.8) is 0 Å². The molecule has 0 fully saturated rings. The van der Waals surface area contributed by atoms with Crippen LogP contribution in [0.4, 0.5) is 4.79 Å². The third-order valence-electron chi connectivity index (χ3n) is 3.73. The molecule has 2 N–H and O–H groups in total. The van der Waals surface area contributed by atoms with E-state index in [0.29, 0.717) is 5.92 Å². The summed E-state index contributed by atoms with van der Waals surface area (Å²) >= 11 is 0. The van der Waals surface area contributed by atoms with Gasteiger partial charge in [0.1, 0.15) is 5.75 Å². The molecule has 0 aromatic heterocycles. The quantitative estimate of drug-likeness (QED) is 0.729. The van der Waals surface area contributed by atoms with Crippen LogP contribution in [-0.4, -0.2) is 50.8 Å². The zero-order valence-corrected chi connectivity index (χ0v) is 15.9. The SMILES string of the molecule is COc1cccc(CC(C)NC(=O)NC(CC(C)C)CN(C)C)c1. The second-order valence-corrected chi connectivity index (χ2v) is 7.16. The number of hydrogen-bond acceptors (Lipinski definition) is 3. The monoisotopic (exact) mass is 335 g/mol. The molecule has 5 heteroatoms. The summed E-state index contributed by atoms with van der Waals surface area (Å²) in [7, 11) is 5.71. The molecule has 5 nitrogen and oxygen atoms in total. The van der Waals surface area contributed by atoms with Crippen LogP contribution in [0.15, 0.2) is 24.3 Å². The predicted octanol–water partition coefficient (Wildman–Crippen LogP) is 2.90. The minimum atomic E-state index is -0.0992. The van der Waals surface area contributed by atoms with Gasteiger partial charge in [0.15, 0.2) is 0 Å². The lowest BCUT2D eigenvalue weighted by Crippen LogP contribution is -2.49. The number of nitrogens with one attached hydrogen (secondary N) is 2.